The third-order valence-corrected chi connectivity index (χ3v) is 4.83. The molecule has 0 spiro atoms. The number of nitrogens with zero attached hydrogens (tertiary/aromatic N) is 1. The normalized spacial score (nSPS) is 17.4. The van der Waals surface area contributed by atoms with E-state index in [9.17, 15) is 13.8 Å². The Bertz CT molecular complexity index is 539. The number of rotatable bonds is 5. The fourth-order valence-corrected chi connectivity index (χ4v) is 3.58. The molecule has 2 rings (SSSR count). The van der Waals surface area contributed by atoms with E-state index in [0.29, 0.717) is 22.6 Å². The number of Topliss-reactive ketones (excluding diaryl/α,β-unsaturated/α-hetero) is 1. The van der Waals surface area contributed by atoms with Gasteiger partial charge in [0, 0.05) is 18.7 Å². The molecule has 1 N–H and O–H groups in total. The van der Waals surface area contributed by atoms with Crippen molar-refractivity contribution < 1.29 is 13.8 Å². The van der Waals surface area contributed by atoms with E-state index in [1.54, 1.807) is 18.2 Å². The zero-order valence-electron chi connectivity index (χ0n) is 11.4. The van der Waals surface area contributed by atoms with Crippen LogP contribution in [0.5, 0.6) is 0 Å². The average Bonchev–Trinajstić information content (AvgIpc) is 2.48. The van der Waals surface area contributed by atoms with E-state index in [4.69, 9.17) is 0 Å². The SMILES string of the molecule is CC(=O)c1cc(S(=O)N2CCCCC2)ccc1NC=O. The van der Waals surface area contributed by atoms with Crippen LogP contribution in [0.25, 0.3) is 0 Å². The first-order valence-corrected chi connectivity index (χ1v) is 7.76. The summed E-state index contributed by atoms with van der Waals surface area (Å²) in [6, 6.07) is 4.93. The van der Waals surface area contributed by atoms with E-state index >= 15 is 0 Å². The number of amides is 1. The van der Waals surface area contributed by atoms with Crippen LogP contribution in [0.3, 0.4) is 0 Å². The Morgan fingerprint density at radius 3 is 2.60 bits per heavy atom. The zero-order chi connectivity index (χ0) is 14.5. The second kappa shape index (κ2) is 6.76. The molecule has 0 saturated carbocycles. The number of nitrogens with one attached hydrogen (secondary N) is 1. The molecule has 1 heterocycles. The van der Waals surface area contributed by atoms with Crippen molar-refractivity contribution in [3.63, 3.8) is 0 Å². The molecule has 0 bridgehead atoms. The van der Waals surface area contributed by atoms with Crippen molar-refractivity contribution in [1.82, 2.24) is 4.31 Å². The van der Waals surface area contributed by atoms with Gasteiger partial charge in [-0.05, 0) is 38.0 Å². The predicted molar refractivity (Wildman–Crippen MR) is 78.0 cm³/mol. The summed E-state index contributed by atoms with van der Waals surface area (Å²) in [5.41, 5.74) is 0.840. The molecule has 6 heteroatoms. The van der Waals surface area contributed by atoms with Gasteiger partial charge < -0.3 is 5.32 Å². The fraction of sp³-hybridized carbons (Fsp3) is 0.429. The van der Waals surface area contributed by atoms with Crippen LogP contribution >= 0.6 is 0 Å². The van der Waals surface area contributed by atoms with Crippen LogP contribution in [0.1, 0.15) is 36.5 Å². The Morgan fingerprint density at radius 1 is 1.30 bits per heavy atom. The molecule has 1 aromatic rings. The molecule has 1 aliphatic heterocycles. The Kier molecular flexibility index (Phi) is 5.03. The molecule has 1 fully saturated rings. The van der Waals surface area contributed by atoms with Gasteiger partial charge in [0.15, 0.2) is 5.78 Å². The van der Waals surface area contributed by atoms with Gasteiger partial charge in [-0.25, -0.2) is 8.51 Å². The maximum absolute atomic E-state index is 12.5. The topological polar surface area (TPSA) is 66.5 Å². The van der Waals surface area contributed by atoms with Crippen molar-refractivity contribution in [2.75, 3.05) is 18.4 Å². The van der Waals surface area contributed by atoms with Gasteiger partial charge in [-0.3, -0.25) is 9.59 Å². The number of benzene rings is 1. The first-order valence-electron chi connectivity index (χ1n) is 6.65. The van der Waals surface area contributed by atoms with Gasteiger partial charge in [-0.2, -0.15) is 0 Å². The molecule has 1 aromatic carbocycles. The third-order valence-electron chi connectivity index (χ3n) is 3.34. The summed E-state index contributed by atoms with van der Waals surface area (Å²) in [4.78, 5) is 22.8. The smallest absolute Gasteiger partial charge is 0.211 e. The number of ketones is 1. The van der Waals surface area contributed by atoms with Crippen molar-refractivity contribution in [3.05, 3.63) is 23.8 Å². The van der Waals surface area contributed by atoms with E-state index in [1.807, 2.05) is 4.31 Å². The maximum Gasteiger partial charge on any atom is 0.211 e. The van der Waals surface area contributed by atoms with Gasteiger partial charge in [0.05, 0.1) is 10.6 Å². The number of hydrogen-bond donors (Lipinski definition) is 1. The van der Waals surface area contributed by atoms with E-state index in [-0.39, 0.29) is 5.78 Å². The lowest BCUT2D eigenvalue weighted by molar-refractivity contribution is -0.105. The van der Waals surface area contributed by atoms with Crippen molar-refractivity contribution in [1.29, 1.82) is 0 Å². The van der Waals surface area contributed by atoms with Gasteiger partial charge in [0.2, 0.25) is 6.41 Å². The molecule has 0 radical (unpaired) electrons. The summed E-state index contributed by atoms with van der Waals surface area (Å²) in [5, 5.41) is 2.49. The fourth-order valence-electron chi connectivity index (χ4n) is 2.29. The summed E-state index contributed by atoms with van der Waals surface area (Å²) in [6.07, 6.45) is 3.81. The molecule has 1 amide bonds. The standard InChI is InChI=1S/C14H18N2O3S/c1-11(18)13-9-12(5-6-14(13)15-10-17)20(19)16-7-3-2-4-8-16/h5-6,9-10H,2-4,7-8H2,1H3,(H,15,17). The molecule has 0 aliphatic carbocycles. The van der Waals surface area contributed by atoms with E-state index in [1.165, 1.54) is 13.3 Å². The molecule has 1 atom stereocenters. The van der Waals surface area contributed by atoms with Gasteiger partial charge in [0.25, 0.3) is 0 Å². The highest BCUT2D eigenvalue weighted by molar-refractivity contribution is 7.82. The maximum atomic E-state index is 12.5. The van der Waals surface area contributed by atoms with Gasteiger partial charge >= 0.3 is 0 Å². The third kappa shape index (κ3) is 3.32. The minimum Gasteiger partial charge on any atom is -0.328 e. The molecule has 5 nitrogen and oxygen atoms in total. The van der Waals surface area contributed by atoms with Crippen LogP contribution in [0.4, 0.5) is 5.69 Å². The predicted octanol–water partition coefficient (Wildman–Crippen LogP) is 1.97. The molecule has 1 saturated heterocycles. The quantitative estimate of drug-likeness (QED) is 0.667. The number of carbonyl (C=O) groups excluding carboxylic acids is 2. The highest BCUT2D eigenvalue weighted by Crippen LogP contribution is 2.23. The van der Waals surface area contributed by atoms with Gasteiger partial charge in [0.1, 0.15) is 11.0 Å². The van der Waals surface area contributed by atoms with E-state index < -0.39 is 11.0 Å². The van der Waals surface area contributed by atoms with Crippen LogP contribution in [-0.4, -0.2) is 33.8 Å². The minimum atomic E-state index is -1.24. The molecule has 0 aromatic heterocycles. The van der Waals surface area contributed by atoms with Crippen molar-refractivity contribution >= 4 is 28.9 Å². The molecule has 20 heavy (non-hydrogen) atoms. The second-order valence-corrected chi connectivity index (χ2v) is 6.25. The van der Waals surface area contributed by atoms with Crippen LogP contribution in [0, 0.1) is 0 Å². The summed E-state index contributed by atoms with van der Waals surface area (Å²) in [6.45, 7) is 3.06. The number of piperidine rings is 1. The van der Waals surface area contributed by atoms with Crippen molar-refractivity contribution in [3.8, 4) is 0 Å². The zero-order valence-corrected chi connectivity index (χ0v) is 12.2. The highest BCUT2D eigenvalue weighted by Gasteiger charge is 2.19. The summed E-state index contributed by atoms with van der Waals surface area (Å²) >= 11 is 0. The monoisotopic (exact) mass is 294 g/mol. The Morgan fingerprint density at radius 2 is 2.00 bits per heavy atom. The summed E-state index contributed by atoms with van der Waals surface area (Å²) in [5.74, 6) is -0.160. The molecular weight excluding hydrogens is 276 g/mol. The highest BCUT2D eigenvalue weighted by atomic mass is 32.2. The lowest BCUT2D eigenvalue weighted by atomic mass is 10.1. The van der Waals surface area contributed by atoms with Crippen molar-refractivity contribution in [2.45, 2.75) is 31.1 Å². The van der Waals surface area contributed by atoms with Crippen LogP contribution in [0.15, 0.2) is 23.1 Å². The van der Waals surface area contributed by atoms with Crippen LogP contribution in [-0.2, 0) is 15.8 Å². The van der Waals surface area contributed by atoms with E-state index in [0.717, 1.165) is 25.9 Å². The van der Waals surface area contributed by atoms with Gasteiger partial charge in [-0.15, -0.1) is 0 Å². The van der Waals surface area contributed by atoms with Crippen LogP contribution < -0.4 is 5.32 Å². The first-order chi connectivity index (χ1) is 9.63. The molecule has 1 aliphatic rings. The van der Waals surface area contributed by atoms with Crippen LogP contribution in [0.2, 0.25) is 0 Å². The molecule has 108 valence electrons. The Balaban J connectivity index is 2.27. The summed E-state index contributed by atoms with van der Waals surface area (Å²) in [7, 11) is -1.24. The molecule has 1 unspecified atom stereocenters. The largest absolute Gasteiger partial charge is 0.328 e. The Labute approximate surface area is 120 Å². The second-order valence-electron chi connectivity index (χ2n) is 4.76. The minimum absolute atomic E-state index is 0.160. The first kappa shape index (κ1) is 14.9. The Hall–Kier alpha value is -1.53. The average molecular weight is 294 g/mol. The molecular formula is C14H18N2O3S. The lowest BCUT2D eigenvalue weighted by Crippen LogP contribution is -2.31. The lowest BCUT2D eigenvalue weighted by Gasteiger charge is -2.25. The summed E-state index contributed by atoms with van der Waals surface area (Å²) < 4.78 is 14.4. The number of hydrogen-bond acceptors (Lipinski definition) is 3. The van der Waals surface area contributed by atoms with Gasteiger partial charge in [-0.1, -0.05) is 6.42 Å². The number of anilines is 1. The van der Waals surface area contributed by atoms with E-state index in [2.05, 4.69) is 5.32 Å². The van der Waals surface area contributed by atoms with Crippen molar-refractivity contribution in [2.24, 2.45) is 0 Å². The number of carbonyl (C=O) groups is 2.